The van der Waals surface area contributed by atoms with Crippen LogP contribution >= 0.6 is 0 Å². The van der Waals surface area contributed by atoms with Gasteiger partial charge in [0.25, 0.3) is 0 Å². The van der Waals surface area contributed by atoms with Crippen molar-refractivity contribution in [2.75, 3.05) is 26.3 Å². The molecule has 124 valence electrons. The Labute approximate surface area is 131 Å². The fourth-order valence-electron chi connectivity index (χ4n) is 3.45. The summed E-state index contributed by atoms with van der Waals surface area (Å²) in [4.78, 5) is 2.29. The zero-order valence-electron chi connectivity index (χ0n) is 13.5. The first-order valence-corrected chi connectivity index (χ1v) is 8.29. The van der Waals surface area contributed by atoms with Gasteiger partial charge < -0.3 is 19.7 Å². The monoisotopic (exact) mass is 309 g/mol. The number of ether oxygens (including phenoxy) is 1. The number of β-amino-alcohol motifs (C(OH)–C–C–N with tert-alkyl or cyclic N) is 1. The number of piperidine rings is 1. The molecule has 0 aromatic carbocycles. The molecule has 2 fully saturated rings. The highest BCUT2D eigenvalue weighted by Crippen LogP contribution is 2.20. The van der Waals surface area contributed by atoms with Crippen molar-refractivity contribution in [1.82, 2.24) is 15.4 Å². The number of aliphatic hydroxyl groups is 1. The Morgan fingerprint density at radius 1 is 1.27 bits per heavy atom. The van der Waals surface area contributed by atoms with Crippen LogP contribution in [0.4, 0.5) is 0 Å². The van der Waals surface area contributed by atoms with Gasteiger partial charge in [-0.15, -0.1) is 0 Å². The molecule has 2 N–H and O–H groups in total. The van der Waals surface area contributed by atoms with Crippen LogP contribution in [0.1, 0.15) is 36.3 Å². The Hall–Kier alpha value is -0.950. The molecule has 0 radical (unpaired) electrons. The van der Waals surface area contributed by atoms with Crippen LogP contribution in [-0.4, -0.2) is 59.7 Å². The summed E-state index contributed by atoms with van der Waals surface area (Å²) in [6, 6.07) is 0.687. The maximum absolute atomic E-state index is 10.5. The topological polar surface area (TPSA) is 70.8 Å². The summed E-state index contributed by atoms with van der Waals surface area (Å²) >= 11 is 0. The molecule has 0 aliphatic carbocycles. The van der Waals surface area contributed by atoms with Gasteiger partial charge in [0.05, 0.1) is 11.8 Å². The summed E-state index contributed by atoms with van der Waals surface area (Å²) in [6.45, 7) is 8.08. The van der Waals surface area contributed by atoms with Crippen molar-refractivity contribution in [3.8, 4) is 0 Å². The quantitative estimate of drug-likeness (QED) is 0.864. The maximum Gasteiger partial charge on any atom is 0.138 e. The Morgan fingerprint density at radius 3 is 2.68 bits per heavy atom. The van der Waals surface area contributed by atoms with Gasteiger partial charge in [0, 0.05) is 50.5 Å². The first-order chi connectivity index (χ1) is 10.6. The molecule has 0 amide bonds. The van der Waals surface area contributed by atoms with E-state index in [1.54, 1.807) is 0 Å². The van der Waals surface area contributed by atoms with E-state index in [2.05, 4.69) is 15.4 Å². The Bertz CT molecular complexity index is 465. The highest BCUT2D eigenvalue weighted by Gasteiger charge is 2.30. The number of nitrogens with zero attached hydrogens (tertiary/aromatic N) is 2. The van der Waals surface area contributed by atoms with E-state index < -0.39 is 0 Å². The van der Waals surface area contributed by atoms with Crippen LogP contribution in [0.3, 0.4) is 0 Å². The summed E-state index contributed by atoms with van der Waals surface area (Å²) in [6.07, 6.45) is 2.75. The van der Waals surface area contributed by atoms with Crippen LogP contribution in [0, 0.1) is 13.8 Å². The van der Waals surface area contributed by atoms with E-state index in [9.17, 15) is 5.11 Å². The van der Waals surface area contributed by atoms with Gasteiger partial charge in [-0.1, -0.05) is 5.16 Å². The summed E-state index contributed by atoms with van der Waals surface area (Å²) in [7, 11) is 0. The van der Waals surface area contributed by atoms with Crippen molar-refractivity contribution in [2.24, 2.45) is 0 Å². The molecule has 3 heterocycles. The van der Waals surface area contributed by atoms with Gasteiger partial charge in [-0.25, -0.2) is 0 Å². The average Bonchev–Trinajstić information content (AvgIpc) is 2.83. The molecule has 2 saturated heterocycles. The smallest absolute Gasteiger partial charge is 0.138 e. The molecular formula is C16H27N3O3. The molecule has 1 aromatic rings. The third-order valence-corrected chi connectivity index (χ3v) is 4.90. The summed E-state index contributed by atoms with van der Waals surface area (Å²) in [5, 5.41) is 18.1. The normalized spacial score (nSPS) is 28.1. The SMILES string of the molecule is Cc1noc(C)c1CN1CC[C@@H](NC2CCOCC2)[C@H](O)C1. The molecule has 6 heteroatoms. The van der Waals surface area contributed by atoms with Gasteiger partial charge >= 0.3 is 0 Å². The number of nitrogens with one attached hydrogen (secondary N) is 1. The van der Waals surface area contributed by atoms with Gasteiger partial charge in [0.1, 0.15) is 5.76 Å². The molecule has 2 atom stereocenters. The van der Waals surface area contributed by atoms with Crippen LogP contribution in [0.25, 0.3) is 0 Å². The molecule has 0 bridgehead atoms. The zero-order valence-corrected chi connectivity index (χ0v) is 13.5. The number of rotatable bonds is 4. The average molecular weight is 309 g/mol. The molecule has 1 aromatic heterocycles. The van der Waals surface area contributed by atoms with Gasteiger partial charge in [0.2, 0.25) is 0 Å². The van der Waals surface area contributed by atoms with Crippen molar-refractivity contribution in [1.29, 1.82) is 0 Å². The minimum atomic E-state index is -0.322. The largest absolute Gasteiger partial charge is 0.390 e. The standard InChI is InChI=1S/C16H27N3O3/c1-11-14(12(2)22-18-11)9-19-6-3-15(16(20)10-19)17-13-4-7-21-8-5-13/h13,15-17,20H,3-10H2,1-2H3/t15-,16-/m1/s1. The number of hydrogen-bond acceptors (Lipinski definition) is 6. The second kappa shape index (κ2) is 7.08. The van der Waals surface area contributed by atoms with Gasteiger partial charge in [-0.3, -0.25) is 4.90 Å². The molecule has 22 heavy (non-hydrogen) atoms. The number of aliphatic hydroxyl groups excluding tert-OH is 1. The van der Waals surface area contributed by atoms with Crippen LogP contribution in [0.15, 0.2) is 4.52 Å². The molecule has 3 rings (SSSR count). The van der Waals surface area contributed by atoms with Crippen molar-refractivity contribution in [3.05, 3.63) is 17.0 Å². The lowest BCUT2D eigenvalue weighted by Crippen LogP contribution is -2.55. The maximum atomic E-state index is 10.5. The van der Waals surface area contributed by atoms with Crippen LogP contribution < -0.4 is 5.32 Å². The van der Waals surface area contributed by atoms with Gasteiger partial charge in [-0.05, 0) is 33.1 Å². The molecule has 0 unspecified atom stereocenters. The Kier molecular flexibility index (Phi) is 5.13. The van der Waals surface area contributed by atoms with Gasteiger partial charge in [0.15, 0.2) is 0 Å². The van der Waals surface area contributed by atoms with Crippen molar-refractivity contribution >= 4 is 0 Å². The number of aryl methyl sites for hydroxylation is 2. The second-order valence-electron chi connectivity index (χ2n) is 6.55. The van der Waals surface area contributed by atoms with E-state index in [1.807, 2.05) is 13.8 Å². The first kappa shape index (κ1) is 15.9. The lowest BCUT2D eigenvalue weighted by molar-refractivity contribution is 0.0193. The Balaban J connectivity index is 1.51. The van der Waals surface area contributed by atoms with E-state index in [4.69, 9.17) is 9.26 Å². The molecule has 0 saturated carbocycles. The molecule has 2 aliphatic heterocycles. The highest BCUT2D eigenvalue weighted by molar-refractivity contribution is 5.20. The van der Waals surface area contributed by atoms with E-state index >= 15 is 0 Å². The molecule has 6 nitrogen and oxygen atoms in total. The number of likely N-dealkylation sites (tertiary alicyclic amines) is 1. The van der Waals surface area contributed by atoms with E-state index in [-0.39, 0.29) is 12.1 Å². The van der Waals surface area contributed by atoms with Crippen molar-refractivity contribution in [2.45, 2.75) is 57.8 Å². The van der Waals surface area contributed by atoms with Crippen LogP contribution in [-0.2, 0) is 11.3 Å². The van der Waals surface area contributed by atoms with E-state index in [0.717, 1.165) is 62.6 Å². The number of hydrogen-bond donors (Lipinski definition) is 2. The molecule has 2 aliphatic rings. The predicted octanol–water partition coefficient (Wildman–Crippen LogP) is 0.995. The molecule has 0 spiro atoms. The van der Waals surface area contributed by atoms with E-state index in [0.29, 0.717) is 12.6 Å². The predicted molar refractivity (Wildman–Crippen MR) is 82.6 cm³/mol. The highest BCUT2D eigenvalue weighted by atomic mass is 16.5. The fraction of sp³-hybridized carbons (Fsp3) is 0.812. The second-order valence-corrected chi connectivity index (χ2v) is 6.55. The fourth-order valence-corrected chi connectivity index (χ4v) is 3.45. The summed E-state index contributed by atoms with van der Waals surface area (Å²) in [5.74, 6) is 0.884. The third-order valence-electron chi connectivity index (χ3n) is 4.90. The minimum Gasteiger partial charge on any atom is -0.390 e. The lowest BCUT2D eigenvalue weighted by Gasteiger charge is -2.38. The van der Waals surface area contributed by atoms with Crippen molar-refractivity contribution < 1.29 is 14.4 Å². The van der Waals surface area contributed by atoms with Crippen molar-refractivity contribution in [3.63, 3.8) is 0 Å². The third kappa shape index (κ3) is 3.68. The first-order valence-electron chi connectivity index (χ1n) is 8.29. The minimum absolute atomic E-state index is 0.198. The Morgan fingerprint density at radius 2 is 2.05 bits per heavy atom. The summed E-state index contributed by atoms with van der Waals surface area (Å²) < 4.78 is 10.6. The molecular weight excluding hydrogens is 282 g/mol. The van der Waals surface area contributed by atoms with Crippen LogP contribution in [0.2, 0.25) is 0 Å². The van der Waals surface area contributed by atoms with Gasteiger partial charge in [-0.2, -0.15) is 0 Å². The van der Waals surface area contributed by atoms with Crippen LogP contribution in [0.5, 0.6) is 0 Å². The zero-order chi connectivity index (χ0) is 15.5. The lowest BCUT2D eigenvalue weighted by atomic mass is 9.98. The van der Waals surface area contributed by atoms with E-state index in [1.165, 1.54) is 0 Å². The summed E-state index contributed by atoms with van der Waals surface area (Å²) in [5.41, 5.74) is 2.11. The number of aromatic nitrogens is 1.